The maximum absolute atomic E-state index is 15.4. The third kappa shape index (κ3) is 4.10. The quantitative estimate of drug-likeness (QED) is 0.378. The van der Waals surface area contributed by atoms with Gasteiger partial charge in [0.2, 0.25) is 0 Å². The van der Waals surface area contributed by atoms with Crippen LogP contribution in [0.4, 0.5) is 21.6 Å². The normalized spacial score (nSPS) is 18.4. The Labute approximate surface area is 220 Å². The number of halogens is 1. The van der Waals surface area contributed by atoms with Crippen molar-refractivity contribution < 1.29 is 17.5 Å². The van der Waals surface area contributed by atoms with Gasteiger partial charge in [-0.3, -0.25) is 4.98 Å². The maximum atomic E-state index is 15.4. The molecule has 2 aliphatic rings. The molecule has 9 nitrogen and oxygen atoms in total. The summed E-state index contributed by atoms with van der Waals surface area (Å²) < 4.78 is 45.8. The van der Waals surface area contributed by atoms with Crippen molar-refractivity contribution in [2.24, 2.45) is 0 Å². The molecule has 198 valence electrons. The lowest BCUT2D eigenvalue weighted by Gasteiger charge is -2.55. The van der Waals surface area contributed by atoms with E-state index in [-0.39, 0.29) is 17.5 Å². The highest BCUT2D eigenvalue weighted by atomic mass is 32.2. The van der Waals surface area contributed by atoms with Gasteiger partial charge >= 0.3 is 0 Å². The summed E-state index contributed by atoms with van der Waals surface area (Å²) in [5.41, 5.74) is 2.29. The Bertz CT molecular complexity index is 1660. The van der Waals surface area contributed by atoms with E-state index >= 15 is 4.39 Å². The van der Waals surface area contributed by atoms with Gasteiger partial charge in [-0.25, -0.2) is 22.8 Å². The van der Waals surface area contributed by atoms with E-state index in [0.29, 0.717) is 59.4 Å². The van der Waals surface area contributed by atoms with Gasteiger partial charge in [-0.15, -0.1) is 0 Å². The SMILES string of the molecule is C[C@H](CN(C)C)Oc1cc(N2CC3(CCS3(=O)=O)C2)cc2ncnc(Nc3ccc4ncccc4c3F)c12. The standard InChI is InChI=1S/C27H29FN6O3S/c1-17(13-33(2)3)37-23-12-18(34-14-27(15-34)8-10-38(27,35)36)11-22-24(23)26(31-16-30-22)32-21-7-6-20-19(25(21)28)5-4-9-29-20/h4-7,9,11-12,16-17H,8,10,13-15H2,1-3H3,(H,30,31,32)/t17-/m1/s1. The van der Waals surface area contributed by atoms with Crippen LogP contribution >= 0.6 is 0 Å². The van der Waals surface area contributed by atoms with Gasteiger partial charge in [-0.1, -0.05) is 0 Å². The minimum atomic E-state index is -3.03. The number of nitrogens with zero attached hydrogens (tertiary/aromatic N) is 5. The van der Waals surface area contributed by atoms with Crippen LogP contribution in [0.15, 0.2) is 48.9 Å². The summed E-state index contributed by atoms with van der Waals surface area (Å²) in [6.45, 7) is 3.57. The number of nitrogens with one attached hydrogen (secondary N) is 1. The number of sulfone groups is 1. The van der Waals surface area contributed by atoms with Gasteiger partial charge in [0.1, 0.15) is 28.7 Å². The predicted molar refractivity (Wildman–Crippen MR) is 147 cm³/mol. The monoisotopic (exact) mass is 536 g/mol. The van der Waals surface area contributed by atoms with Crippen molar-refractivity contribution in [3.8, 4) is 5.75 Å². The van der Waals surface area contributed by atoms with Gasteiger partial charge in [0.15, 0.2) is 15.7 Å². The fraction of sp³-hybridized carbons (Fsp3) is 0.370. The van der Waals surface area contributed by atoms with Crippen LogP contribution in [0.2, 0.25) is 0 Å². The van der Waals surface area contributed by atoms with E-state index in [9.17, 15) is 8.42 Å². The Kier molecular flexibility index (Phi) is 5.88. The molecule has 0 bridgehead atoms. The summed E-state index contributed by atoms with van der Waals surface area (Å²) in [6, 6.07) is 10.6. The first-order chi connectivity index (χ1) is 18.2. The lowest BCUT2D eigenvalue weighted by atomic mass is 9.93. The molecule has 0 radical (unpaired) electrons. The number of rotatable bonds is 7. The van der Waals surface area contributed by atoms with Crippen LogP contribution in [0.25, 0.3) is 21.8 Å². The van der Waals surface area contributed by atoms with Crippen molar-refractivity contribution in [2.75, 3.05) is 49.7 Å². The number of benzene rings is 2. The zero-order chi connectivity index (χ0) is 26.7. The second-order valence-corrected chi connectivity index (χ2v) is 13.0. The first-order valence-corrected chi connectivity index (χ1v) is 14.2. The third-order valence-corrected chi connectivity index (χ3v) is 9.94. The lowest BCUT2D eigenvalue weighted by Crippen LogP contribution is -2.72. The first kappa shape index (κ1) is 24.7. The van der Waals surface area contributed by atoms with E-state index in [0.717, 1.165) is 5.69 Å². The van der Waals surface area contributed by atoms with Crippen molar-refractivity contribution in [1.29, 1.82) is 0 Å². The molecular formula is C27H29FN6O3S. The van der Waals surface area contributed by atoms with Crippen LogP contribution in [0, 0.1) is 5.82 Å². The molecule has 1 N–H and O–H groups in total. The maximum Gasteiger partial charge on any atom is 0.159 e. The molecule has 0 aliphatic carbocycles. The van der Waals surface area contributed by atoms with Crippen LogP contribution in [-0.2, 0) is 9.84 Å². The van der Waals surface area contributed by atoms with Gasteiger partial charge in [0.25, 0.3) is 0 Å². The van der Waals surface area contributed by atoms with E-state index < -0.39 is 20.4 Å². The van der Waals surface area contributed by atoms with Crippen LogP contribution in [0.5, 0.6) is 5.75 Å². The van der Waals surface area contributed by atoms with Crippen molar-refractivity contribution in [3.05, 3.63) is 54.7 Å². The number of aromatic nitrogens is 3. The molecule has 4 aromatic rings. The molecular weight excluding hydrogens is 507 g/mol. The molecule has 2 aromatic heterocycles. The Morgan fingerprint density at radius 2 is 1.97 bits per heavy atom. The second-order valence-electron chi connectivity index (χ2n) is 10.5. The van der Waals surface area contributed by atoms with E-state index in [4.69, 9.17) is 4.74 Å². The van der Waals surface area contributed by atoms with Gasteiger partial charge in [-0.05, 0) is 57.8 Å². The molecule has 1 atom stereocenters. The summed E-state index contributed by atoms with van der Waals surface area (Å²) in [6.07, 6.45) is 3.60. The smallest absolute Gasteiger partial charge is 0.159 e. The highest BCUT2D eigenvalue weighted by Gasteiger charge is 2.59. The topological polar surface area (TPSA) is 101 Å². The number of ether oxygens (including phenoxy) is 1. The van der Waals surface area contributed by atoms with Crippen LogP contribution in [0.1, 0.15) is 13.3 Å². The van der Waals surface area contributed by atoms with Crippen molar-refractivity contribution >= 4 is 48.8 Å². The summed E-state index contributed by atoms with van der Waals surface area (Å²) in [5, 5.41) is 4.18. The Hall–Kier alpha value is -3.57. The molecule has 0 saturated carbocycles. The number of fused-ring (bicyclic) bond motifs is 2. The molecule has 4 heterocycles. The molecule has 0 amide bonds. The molecule has 0 unspecified atom stereocenters. The summed E-state index contributed by atoms with van der Waals surface area (Å²) in [5.74, 6) is 0.807. The van der Waals surface area contributed by atoms with Crippen LogP contribution in [0.3, 0.4) is 0 Å². The minimum Gasteiger partial charge on any atom is -0.488 e. The number of anilines is 3. The Morgan fingerprint density at radius 3 is 2.68 bits per heavy atom. The average Bonchev–Trinajstić information content (AvgIpc) is 2.84. The minimum absolute atomic E-state index is 0.158. The van der Waals surface area contributed by atoms with Gasteiger partial charge < -0.3 is 19.9 Å². The number of hydrogen-bond donors (Lipinski definition) is 1. The van der Waals surface area contributed by atoms with Crippen molar-refractivity contribution in [2.45, 2.75) is 24.2 Å². The summed E-state index contributed by atoms with van der Waals surface area (Å²) in [7, 11) is 0.919. The molecule has 2 saturated heterocycles. The van der Waals surface area contributed by atoms with E-state index in [1.807, 2.05) is 43.0 Å². The molecule has 2 fully saturated rings. The van der Waals surface area contributed by atoms with Crippen LogP contribution < -0.4 is 15.0 Å². The fourth-order valence-corrected chi connectivity index (χ4v) is 7.18. The number of likely N-dealkylation sites (N-methyl/N-ethyl adjacent to an activating group) is 1. The highest BCUT2D eigenvalue weighted by Crippen LogP contribution is 2.46. The van der Waals surface area contributed by atoms with Crippen molar-refractivity contribution in [1.82, 2.24) is 19.9 Å². The zero-order valence-corrected chi connectivity index (χ0v) is 22.3. The van der Waals surface area contributed by atoms with Crippen molar-refractivity contribution in [3.63, 3.8) is 0 Å². The molecule has 2 aromatic carbocycles. The molecule has 1 spiro atoms. The van der Waals surface area contributed by atoms with Gasteiger partial charge in [-0.2, -0.15) is 0 Å². The average molecular weight is 537 g/mol. The molecule has 11 heteroatoms. The van der Waals surface area contributed by atoms with Gasteiger partial charge in [0, 0.05) is 43.0 Å². The molecule has 6 rings (SSSR count). The fourth-order valence-electron chi connectivity index (χ4n) is 5.36. The Morgan fingerprint density at radius 1 is 1.16 bits per heavy atom. The number of hydrogen-bond acceptors (Lipinski definition) is 9. The number of pyridine rings is 1. The molecule has 38 heavy (non-hydrogen) atoms. The summed E-state index contributed by atoms with van der Waals surface area (Å²) >= 11 is 0. The summed E-state index contributed by atoms with van der Waals surface area (Å²) in [4.78, 5) is 17.2. The third-order valence-electron chi connectivity index (χ3n) is 7.42. The highest BCUT2D eigenvalue weighted by molar-refractivity contribution is 7.94. The van der Waals surface area contributed by atoms with Crippen LogP contribution in [-0.4, -0.2) is 78.6 Å². The Balaban J connectivity index is 1.40. The van der Waals surface area contributed by atoms with E-state index in [2.05, 4.69) is 20.3 Å². The first-order valence-electron chi connectivity index (χ1n) is 12.5. The van der Waals surface area contributed by atoms with Gasteiger partial charge in [0.05, 0.1) is 27.9 Å². The second kappa shape index (κ2) is 9.02. The molecule has 2 aliphatic heterocycles. The zero-order valence-electron chi connectivity index (χ0n) is 21.5. The lowest BCUT2D eigenvalue weighted by molar-refractivity contribution is 0.179. The predicted octanol–water partition coefficient (Wildman–Crippen LogP) is 3.77. The largest absolute Gasteiger partial charge is 0.488 e. The van der Waals surface area contributed by atoms with E-state index in [1.165, 1.54) is 6.33 Å². The van der Waals surface area contributed by atoms with E-state index in [1.54, 1.807) is 30.5 Å².